The molecule has 33 heavy (non-hydrogen) atoms. The van der Waals surface area contributed by atoms with Crippen LogP contribution < -0.4 is 5.84 Å². The third kappa shape index (κ3) is 3.78. The highest BCUT2D eigenvalue weighted by Gasteiger charge is 2.24. The zero-order valence-electron chi connectivity index (χ0n) is 18.0. The van der Waals surface area contributed by atoms with Gasteiger partial charge in [0.05, 0.1) is 17.0 Å². The summed E-state index contributed by atoms with van der Waals surface area (Å²) in [4.78, 5) is 17.7. The first-order chi connectivity index (χ1) is 16.2. The van der Waals surface area contributed by atoms with E-state index in [1.54, 1.807) is 12.4 Å². The van der Waals surface area contributed by atoms with Crippen LogP contribution in [0.4, 0.5) is 0 Å². The molecule has 0 unspecified atom stereocenters. The highest BCUT2D eigenvalue weighted by molar-refractivity contribution is 7.99. The highest BCUT2D eigenvalue weighted by Crippen LogP contribution is 2.35. The normalized spacial score (nSPS) is 11.2. The molecule has 5 aromatic rings. The lowest BCUT2D eigenvalue weighted by atomic mass is 10.0. The summed E-state index contributed by atoms with van der Waals surface area (Å²) >= 11 is 1.28. The molecular formula is C25H22N6OS. The Bertz CT molecular complexity index is 1430. The van der Waals surface area contributed by atoms with E-state index in [9.17, 15) is 4.79 Å². The molecule has 5 rings (SSSR count). The number of Topliss-reactive ketones (excluding diaryl/α,β-unsaturated/α-hetero) is 1. The number of benzene rings is 2. The van der Waals surface area contributed by atoms with Gasteiger partial charge in [0, 0.05) is 35.4 Å². The Labute approximate surface area is 195 Å². The number of para-hydroxylation sites is 1. The maximum Gasteiger partial charge on any atom is 0.210 e. The molecule has 0 bridgehead atoms. The van der Waals surface area contributed by atoms with Gasteiger partial charge < -0.3 is 10.4 Å². The van der Waals surface area contributed by atoms with Crippen molar-refractivity contribution in [2.75, 3.05) is 11.6 Å². The Morgan fingerprint density at radius 1 is 0.970 bits per heavy atom. The molecule has 0 atom stereocenters. The van der Waals surface area contributed by atoms with Crippen molar-refractivity contribution in [2.24, 2.45) is 0 Å². The number of carbonyl (C=O) groups is 1. The van der Waals surface area contributed by atoms with Crippen molar-refractivity contribution in [1.82, 2.24) is 24.4 Å². The van der Waals surface area contributed by atoms with Crippen LogP contribution >= 0.6 is 11.8 Å². The predicted octanol–water partition coefficient (Wildman–Crippen LogP) is 4.67. The van der Waals surface area contributed by atoms with Crippen LogP contribution in [0.3, 0.4) is 0 Å². The van der Waals surface area contributed by atoms with E-state index in [0.717, 1.165) is 39.8 Å². The molecule has 0 aliphatic heterocycles. The largest absolute Gasteiger partial charge is 0.340 e. The van der Waals surface area contributed by atoms with E-state index in [1.165, 1.54) is 16.4 Å². The van der Waals surface area contributed by atoms with E-state index in [1.807, 2.05) is 60.7 Å². The molecule has 0 amide bonds. The maximum absolute atomic E-state index is 13.6. The van der Waals surface area contributed by atoms with Crippen LogP contribution in [0.1, 0.15) is 17.3 Å². The molecule has 0 saturated carbocycles. The van der Waals surface area contributed by atoms with Gasteiger partial charge in [-0.3, -0.25) is 9.78 Å². The number of nitrogens with zero attached hydrogens (tertiary/aromatic N) is 5. The molecule has 0 fully saturated rings. The van der Waals surface area contributed by atoms with Crippen molar-refractivity contribution >= 4 is 28.4 Å². The minimum atomic E-state index is 0.0215. The molecule has 7 nitrogen and oxygen atoms in total. The standard InChI is InChI=1S/C25H22N6OS/c1-2-30-20-13-7-6-12-19(20)22(23(30)17-9-4-3-5-10-17)21(32)16-33-25-29-28-24(31(25)26)18-11-8-14-27-15-18/h3-15H,2,16,26H2,1H3. The van der Waals surface area contributed by atoms with Crippen molar-refractivity contribution in [1.29, 1.82) is 0 Å². The first-order valence-corrected chi connectivity index (χ1v) is 11.6. The van der Waals surface area contributed by atoms with Gasteiger partial charge in [0.2, 0.25) is 5.16 Å². The van der Waals surface area contributed by atoms with Crippen LogP contribution in [0.2, 0.25) is 0 Å². The monoisotopic (exact) mass is 454 g/mol. The fourth-order valence-electron chi connectivity index (χ4n) is 4.08. The maximum atomic E-state index is 13.6. The van der Waals surface area contributed by atoms with Crippen molar-refractivity contribution in [3.05, 3.63) is 84.7 Å². The van der Waals surface area contributed by atoms with Gasteiger partial charge in [0.1, 0.15) is 0 Å². The Kier molecular flexibility index (Phi) is 5.66. The number of thioether (sulfide) groups is 1. The number of pyridine rings is 1. The van der Waals surface area contributed by atoms with Gasteiger partial charge >= 0.3 is 0 Å². The second-order valence-corrected chi connectivity index (χ2v) is 8.42. The zero-order chi connectivity index (χ0) is 22.8. The van der Waals surface area contributed by atoms with Crippen molar-refractivity contribution in [3.63, 3.8) is 0 Å². The van der Waals surface area contributed by atoms with E-state index in [4.69, 9.17) is 5.84 Å². The molecule has 0 aliphatic rings. The summed E-state index contributed by atoms with van der Waals surface area (Å²) in [5, 5.41) is 9.80. The van der Waals surface area contributed by atoms with Crippen molar-refractivity contribution < 1.29 is 4.79 Å². The van der Waals surface area contributed by atoms with E-state index < -0.39 is 0 Å². The van der Waals surface area contributed by atoms with Crippen LogP contribution in [0, 0.1) is 0 Å². The number of rotatable bonds is 7. The SMILES string of the molecule is CCn1c(-c2ccccc2)c(C(=O)CSc2nnc(-c3cccnc3)n2N)c2ccccc21. The Hall–Kier alpha value is -3.91. The van der Waals surface area contributed by atoms with E-state index in [-0.39, 0.29) is 11.5 Å². The Morgan fingerprint density at radius 3 is 2.48 bits per heavy atom. The van der Waals surface area contributed by atoms with Gasteiger partial charge in [-0.25, -0.2) is 4.68 Å². The number of aromatic nitrogens is 5. The number of carbonyl (C=O) groups excluding carboxylic acids is 1. The minimum Gasteiger partial charge on any atom is -0.340 e. The third-order valence-corrected chi connectivity index (χ3v) is 6.47. The zero-order valence-corrected chi connectivity index (χ0v) is 18.9. The summed E-state index contributed by atoms with van der Waals surface area (Å²) in [6, 6.07) is 21.8. The van der Waals surface area contributed by atoms with Crippen molar-refractivity contribution in [3.8, 4) is 22.6 Å². The smallest absolute Gasteiger partial charge is 0.210 e. The summed E-state index contributed by atoms with van der Waals surface area (Å²) in [7, 11) is 0. The van der Waals surface area contributed by atoms with Gasteiger partial charge in [-0.05, 0) is 30.7 Å². The number of hydrogen-bond acceptors (Lipinski definition) is 6. The number of fused-ring (bicyclic) bond motifs is 1. The first kappa shape index (κ1) is 21.0. The van der Waals surface area contributed by atoms with Crippen LogP contribution in [0.5, 0.6) is 0 Å². The number of ketones is 1. The third-order valence-electron chi connectivity index (χ3n) is 5.53. The second-order valence-electron chi connectivity index (χ2n) is 7.48. The van der Waals surface area contributed by atoms with Crippen LogP contribution in [0.15, 0.2) is 84.3 Å². The highest BCUT2D eigenvalue weighted by atomic mass is 32.2. The van der Waals surface area contributed by atoms with Gasteiger partial charge in [-0.2, -0.15) is 0 Å². The van der Waals surface area contributed by atoms with E-state index in [2.05, 4.69) is 32.7 Å². The average molecular weight is 455 g/mol. The quantitative estimate of drug-likeness (QED) is 0.218. The molecule has 3 aromatic heterocycles. The second kappa shape index (κ2) is 8.91. The summed E-state index contributed by atoms with van der Waals surface area (Å²) in [6.07, 6.45) is 3.37. The Morgan fingerprint density at radius 2 is 1.73 bits per heavy atom. The predicted molar refractivity (Wildman–Crippen MR) is 132 cm³/mol. The average Bonchev–Trinajstić information content (AvgIpc) is 3.41. The lowest BCUT2D eigenvalue weighted by Crippen LogP contribution is -2.13. The topological polar surface area (TPSA) is 91.6 Å². The minimum absolute atomic E-state index is 0.0215. The first-order valence-electron chi connectivity index (χ1n) is 10.6. The van der Waals surface area contributed by atoms with E-state index >= 15 is 0 Å². The molecule has 0 saturated heterocycles. The fourth-order valence-corrected chi connectivity index (χ4v) is 4.81. The molecule has 0 spiro atoms. The summed E-state index contributed by atoms with van der Waals surface area (Å²) in [5.41, 5.74) is 4.50. The fraction of sp³-hybridized carbons (Fsp3) is 0.120. The molecular weight excluding hydrogens is 432 g/mol. The molecule has 0 aliphatic carbocycles. The molecule has 0 radical (unpaired) electrons. The molecule has 2 N–H and O–H groups in total. The van der Waals surface area contributed by atoms with Crippen LogP contribution in [-0.4, -0.2) is 36.0 Å². The number of nitrogens with two attached hydrogens (primary N) is 1. The summed E-state index contributed by atoms with van der Waals surface area (Å²) in [6.45, 7) is 2.86. The van der Waals surface area contributed by atoms with Crippen molar-refractivity contribution in [2.45, 2.75) is 18.6 Å². The van der Waals surface area contributed by atoms with Crippen LogP contribution in [0.25, 0.3) is 33.5 Å². The molecule has 8 heteroatoms. The summed E-state index contributed by atoms with van der Waals surface area (Å²) in [5.74, 6) is 6.95. The lowest BCUT2D eigenvalue weighted by Gasteiger charge is -2.10. The molecule has 3 heterocycles. The number of aryl methyl sites for hydroxylation is 1. The number of hydrogen-bond donors (Lipinski definition) is 1. The number of nitrogen functional groups attached to an aromatic ring is 1. The van der Waals surface area contributed by atoms with Crippen LogP contribution in [-0.2, 0) is 6.54 Å². The van der Waals surface area contributed by atoms with Gasteiger partial charge in [-0.1, -0.05) is 60.3 Å². The van der Waals surface area contributed by atoms with Gasteiger partial charge in [0.15, 0.2) is 11.6 Å². The molecule has 164 valence electrons. The summed E-state index contributed by atoms with van der Waals surface area (Å²) < 4.78 is 3.61. The molecule has 2 aromatic carbocycles. The Balaban J connectivity index is 1.51. The van der Waals surface area contributed by atoms with Gasteiger partial charge in [0.25, 0.3) is 0 Å². The van der Waals surface area contributed by atoms with E-state index in [0.29, 0.717) is 11.0 Å². The van der Waals surface area contributed by atoms with Gasteiger partial charge in [-0.15, -0.1) is 10.2 Å². The lowest BCUT2D eigenvalue weighted by molar-refractivity contribution is 0.102.